The zero-order valence-electron chi connectivity index (χ0n) is 11.8. The summed E-state index contributed by atoms with van der Waals surface area (Å²) >= 11 is 0. The van der Waals surface area contributed by atoms with Crippen molar-refractivity contribution in [2.75, 3.05) is 5.32 Å². The van der Waals surface area contributed by atoms with E-state index in [0.717, 1.165) is 6.42 Å². The van der Waals surface area contributed by atoms with Gasteiger partial charge in [-0.2, -0.15) is 0 Å². The average molecular weight is 275 g/mol. The lowest BCUT2D eigenvalue weighted by molar-refractivity contribution is -0.116. The number of hydrogen-bond donors (Lipinski definition) is 2. The van der Waals surface area contributed by atoms with Crippen molar-refractivity contribution in [1.82, 2.24) is 0 Å². The summed E-state index contributed by atoms with van der Waals surface area (Å²) in [4.78, 5) is 22.9. The van der Waals surface area contributed by atoms with Crippen molar-refractivity contribution < 1.29 is 14.7 Å². The Balaban J connectivity index is 1.90. The summed E-state index contributed by atoms with van der Waals surface area (Å²) in [6.45, 7) is 1.75. The number of carbonyl (C=O) groups excluding carboxylic acids is 1. The van der Waals surface area contributed by atoms with Crippen LogP contribution in [0.1, 0.15) is 54.4 Å². The van der Waals surface area contributed by atoms with Gasteiger partial charge in [-0.05, 0) is 37.0 Å². The second-order valence-electron chi connectivity index (χ2n) is 5.57. The summed E-state index contributed by atoms with van der Waals surface area (Å²) < 4.78 is 0. The molecule has 4 nitrogen and oxygen atoms in total. The summed E-state index contributed by atoms with van der Waals surface area (Å²) in [7, 11) is 0. The molecular weight excluding hydrogens is 254 g/mol. The second kappa shape index (κ2) is 6.55. The van der Waals surface area contributed by atoms with E-state index in [-0.39, 0.29) is 11.5 Å². The molecule has 0 spiro atoms. The number of anilines is 1. The van der Waals surface area contributed by atoms with Gasteiger partial charge in [0.25, 0.3) is 0 Å². The van der Waals surface area contributed by atoms with Crippen molar-refractivity contribution in [3.8, 4) is 0 Å². The molecule has 0 bridgehead atoms. The third kappa shape index (κ3) is 3.83. The first kappa shape index (κ1) is 14.6. The van der Waals surface area contributed by atoms with Crippen molar-refractivity contribution in [2.45, 2.75) is 45.4 Å². The number of rotatable bonds is 5. The molecule has 0 saturated heterocycles. The number of benzene rings is 1. The number of hydrogen-bond acceptors (Lipinski definition) is 2. The topological polar surface area (TPSA) is 66.4 Å². The SMILES string of the molecule is Cc1ccc(NC(=O)CCC2CCCC2)cc1C(=O)O. The number of aryl methyl sites for hydroxylation is 1. The summed E-state index contributed by atoms with van der Waals surface area (Å²) in [6.07, 6.45) is 6.49. The normalized spacial score (nSPS) is 15.2. The maximum atomic E-state index is 11.9. The second-order valence-corrected chi connectivity index (χ2v) is 5.57. The number of nitrogens with one attached hydrogen (secondary N) is 1. The number of carboxylic acid groups (broad SMARTS) is 1. The monoisotopic (exact) mass is 275 g/mol. The van der Waals surface area contributed by atoms with Crippen LogP contribution in [0.4, 0.5) is 5.69 Å². The van der Waals surface area contributed by atoms with Gasteiger partial charge in [0, 0.05) is 12.1 Å². The smallest absolute Gasteiger partial charge is 0.336 e. The zero-order chi connectivity index (χ0) is 14.5. The van der Waals surface area contributed by atoms with Crippen LogP contribution < -0.4 is 5.32 Å². The Morgan fingerprint density at radius 1 is 1.30 bits per heavy atom. The quantitative estimate of drug-likeness (QED) is 0.862. The fourth-order valence-corrected chi connectivity index (χ4v) is 2.79. The van der Waals surface area contributed by atoms with Gasteiger partial charge >= 0.3 is 5.97 Å². The van der Waals surface area contributed by atoms with Crippen molar-refractivity contribution in [3.63, 3.8) is 0 Å². The third-order valence-electron chi connectivity index (χ3n) is 4.01. The van der Waals surface area contributed by atoms with Gasteiger partial charge in [0.15, 0.2) is 0 Å². The van der Waals surface area contributed by atoms with Gasteiger partial charge < -0.3 is 10.4 Å². The van der Waals surface area contributed by atoms with Crippen molar-refractivity contribution in [2.24, 2.45) is 5.92 Å². The lowest BCUT2D eigenvalue weighted by atomic mass is 10.0. The number of amides is 1. The molecule has 0 unspecified atom stereocenters. The van der Waals surface area contributed by atoms with Crippen LogP contribution in [0.3, 0.4) is 0 Å². The Morgan fingerprint density at radius 3 is 2.65 bits per heavy atom. The van der Waals surface area contributed by atoms with Crippen LogP contribution in [0, 0.1) is 12.8 Å². The summed E-state index contributed by atoms with van der Waals surface area (Å²) in [5.41, 5.74) is 1.49. The Bertz CT molecular complexity index is 504. The molecule has 1 saturated carbocycles. The van der Waals surface area contributed by atoms with Crippen molar-refractivity contribution in [3.05, 3.63) is 29.3 Å². The largest absolute Gasteiger partial charge is 0.478 e. The molecule has 1 aromatic carbocycles. The van der Waals surface area contributed by atoms with Crippen LogP contribution in [0.5, 0.6) is 0 Å². The van der Waals surface area contributed by atoms with E-state index in [4.69, 9.17) is 5.11 Å². The van der Waals surface area contributed by atoms with Crippen molar-refractivity contribution >= 4 is 17.6 Å². The van der Waals surface area contributed by atoms with E-state index in [0.29, 0.717) is 23.6 Å². The first-order valence-corrected chi connectivity index (χ1v) is 7.20. The van der Waals surface area contributed by atoms with Gasteiger partial charge in [0.2, 0.25) is 5.91 Å². The van der Waals surface area contributed by atoms with Crippen LogP contribution >= 0.6 is 0 Å². The van der Waals surface area contributed by atoms with Crippen LogP contribution in [-0.4, -0.2) is 17.0 Å². The molecule has 1 fully saturated rings. The minimum atomic E-state index is -0.968. The standard InChI is InChI=1S/C16H21NO3/c1-11-6-8-13(10-14(11)16(19)20)17-15(18)9-7-12-4-2-3-5-12/h6,8,10,12H,2-5,7,9H2,1H3,(H,17,18)(H,19,20). The zero-order valence-corrected chi connectivity index (χ0v) is 11.8. The fraction of sp³-hybridized carbons (Fsp3) is 0.500. The van der Waals surface area contributed by atoms with Gasteiger partial charge in [-0.3, -0.25) is 4.79 Å². The third-order valence-corrected chi connectivity index (χ3v) is 4.01. The summed E-state index contributed by atoms with van der Waals surface area (Å²) in [6, 6.07) is 4.98. The number of carboxylic acids is 1. The molecule has 1 amide bonds. The molecule has 1 aliphatic carbocycles. The van der Waals surface area contributed by atoms with Crippen molar-refractivity contribution in [1.29, 1.82) is 0 Å². The highest BCUT2D eigenvalue weighted by Crippen LogP contribution is 2.28. The molecular formula is C16H21NO3. The van der Waals surface area contributed by atoms with E-state index in [1.54, 1.807) is 19.1 Å². The van der Waals surface area contributed by atoms with Gasteiger partial charge in [0.05, 0.1) is 5.56 Å². The van der Waals surface area contributed by atoms with Crippen LogP contribution in [0.15, 0.2) is 18.2 Å². The number of carbonyl (C=O) groups is 2. The van der Waals surface area contributed by atoms with Gasteiger partial charge in [-0.1, -0.05) is 31.7 Å². The molecule has 1 aliphatic rings. The highest BCUT2D eigenvalue weighted by Gasteiger charge is 2.16. The molecule has 1 aromatic rings. The molecule has 2 rings (SSSR count). The molecule has 0 atom stereocenters. The van der Waals surface area contributed by atoms with E-state index in [1.807, 2.05) is 0 Å². The van der Waals surface area contributed by atoms with E-state index in [9.17, 15) is 9.59 Å². The molecule has 20 heavy (non-hydrogen) atoms. The highest BCUT2D eigenvalue weighted by atomic mass is 16.4. The predicted molar refractivity (Wildman–Crippen MR) is 78.0 cm³/mol. The first-order valence-electron chi connectivity index (χ1n) is 7.20. The predicted octanol–water partition coefficient (Wildman–Crippen LogP) is 3.60. The van der Waals surface area contributed by atoms with E-state index in [1.165, 1.54) is 31.7 Å². The molecule has 4 heteroatoms. The Kier molecular flexibility index (Phi) is 4.77. The Hall–Kier alpha value is -1.84. The van der Waals surface area contributed by atoms with Crippen LogP contribution in [-0.2, 0) is 4.79 Å². The maximum absolute atomic E-state index is 11.9. The highest BCUT2D eigenvalue weighted by molar-refractivity contribution is 5.94. The maximum Gasteiger partial charge on any atom is 0.336 e. The van der Waals surface area contributed by atoms with Gasteiger partial charge in [0.1, 0.15) is 0 Å². The first-order chi connectivity index (χ1) is 9.56. The average Bonchev–Trinajstić information content (AvgIpc) is 2.91. The van der Waals surface area contributed by atoms with E-state index < -0.39 is 5.97 Å². The Morgan fingerprint density at radius 2 is 2.00 bits per heavy atom. The lowest BCUT2D eigenvalue weighted by Gasteiger charge is -2.10. The number of aromatic carboxylic acids is 1. The molecule has 0 heterocycles. The van der Waals surface area contributed by atoms with Crippen LogP contribution in [0.25, 0.3) is 0 Å². The lowest BCUT2D eigenvalue weighted by Crippen LogP contribution is -2.13. The summed E-state index contributed by atoms with van der Waals surface area (Å²) in [5.74, 6) is -0.310. The molecule has 0 aliphatic heterocycles. The van der Waals surface area contributed by atoms with Gasteiger partial charge in [-0.25, -0.2) is 4.79 Å². The molecule has 0 aromatic heterocycles. The Labute approximate surface area is 119 Å². The minimum absolute atomic E-state index is 0.0305. The summed E-state index contributed by atoms with van der Waals surface area (Å²) in [5, 5.41) is 11.8. The molecule has 108 valence electrons. The van der Waals surface area contributed by atoms with E-state index >= 15 is 0 Å². The minimum Gasteiger partial charge on any atom is -0.478 e. The fourth-order valence-electron chi connectivity index (χ4n) is 2.79. The van der Waals surface area contributed by atoms with Gasteiger partial charge in [-0.15, -0.1) is 0 Å². The molecule has 0 radical (unpaired) electrons. The molecule has 2 N–H and O–H groups in total. The van der Waals surface area contributed by atoms with E-state index in [2.05, 4.69) is 5.32 Å². The van der Waals surface area contributed by atoms with Crippen LogP contribution in [0.2, 0.25) is 0 Å².